The van der Waals surface area contributed by atoms with E-state index in [0.29, 0.717) is 0 Å². The molecule has 0 N–H and O–H groups in total. The molecule has 1 unspecified atom stereocenters. The molecule has 0 saturated carbocycles. The van der Waals surface area contributed by atoms with Crippen LogP contribution < -0.4 is 0 Å². The summed E-state index contributed by atoms with van der Waals surface area (Å²) in [6, 6.07) is 0. The van der Waals surface area contributed by atoms with Crippen LogP contribution in [0, 0.1) is 0 Å². The van der Waals surface area contributed by atoms with Crippen molar-refractivity contribution in [2.75, 3.05) is 18.5 Å². The van der Waals surface area contributed by atoms with Crippen molar-refractivity contribution in [3.05, 3.63) is 0 Å². The van der Waals surface area contributed by atoms with E-state index in [2.05, 4.69) is 29.7 Å². The molecule has 29 heavy (non-hydrogen) atoms. The molecule has 0 radical (unpaired) electrons. The number of rotatable bonds is 23. The summed E-state index contributed by atoms with van der Waals surface area (Å²) in [7, 11) is 3.28. The first kappa shape index (κ1) is 30.1. The Morgan fingerprint density at radius 3 is 0.897 bits per heavy atom. The van der Waals surface area contributed by atoms with Crippen molar-refractivity contribution in [2.45, 2.75) is 149 Å². The van der Waals surface area contributed by atoms with Crippen LogP contribution in [0.25, 0.3) is 0 Å². The maximum atomic E-state index is 7.48. The van der Waals surface area contributed by atoms with Crippen molar-refractivity contribution in [1.82, 2.24) is 0 Å². The molecule has 0 aromatic heterocycles. The fourth-order valence-electron chi connectivity index (χ4n) is 4.49. The van der Waals surface area contributed by atoms with Crippen molar-refractivity contribution in [1.29, 1.82) is 0 Å². The Morgan fingerprint density at radius 2 is 0.621 bits per heavy atom. The van der Waals surface area contributed by atoms with Gasteiger partial charge in [0.1, 0.15) is 0 Å². The standard InChI is InChI=1S/C26H57ClP2/c1-4-7-10-13-14-15-16-17-18-19-20-23-26-29(27,28,24-21-11-8-5-2)25-22-12-9-6-3/h4-26,28H2,1-3H3. The minimum absolute atomic E-state index is 1.31. The summed E-state index contributed by atoms with van der Waals surface area (Å²) in [5.74, 6) is 0. The number of unbranched alkanes of at least 4 members (excludes halogenated alkanes) is 17. The Kier molecular flexibility index (Phi) is 20.6. The summed E-state index contributed by atoms with van der Waals surface area (Å²) in [6.45, 7) is 6.91. The zero-order valence-electron chi connectivity index (χ0n) is 20.7. The van der Waals surface area contributed by atoms with Crippen molar-refractivity contribution in [2.24, 2.45) is 0 Å². The SMILES string of the molecule is CCCCCCCCCCCCCCP(P)(Cl)(CCCCCC)CCCCCC. The van der Waals surface area contributed by atoms with Crippen LogP contribution in [-0.4, -0.2) is 18.5 Å². The van der Waals surface area contributed by atoms with Gasteiger partial charge >= 0.3 is 180 Å². The number of hydrogen-bond acceptors (Lipinski definition) is 0. The fraction of sp³-hybridized carbons (Fsp3) is 1.00. The molecule has 0 aliphatic heterocycles. The van der Waals surface area contributed by atoms with E-state index in [9.17, 15) is 0 Å². The Balaban J connectivity index is 3.96. The third kappa shape index (κ3) is 19.6. The van der Waals surface area contributed by atoms with E-state index in [1.165, 1.54) is 147 Å². The van der Waals surface area contributed by atoms with Gasteiger partial charge in [0.25, 0.3) is 0 Å². The van der Waals surface area contributed by atoms with Crippen molar-refractivity contribution in [3.63, 3.8) is 0 Å². The molecule has 0 nitrogen and oxygen atoms in total. The Hall–Kier alpha value is 1.15. The molecule has 0 aliphatic carbocycles. The molecule has 178 valence electrons. The first-order chi connectivity index (χ1) is 14.0. The predicted molar refractivity (Wildman–Crippen MR) is 146 cm³/mol. The van der Waals surface area contributed by atoms with Gasteiger partial charge in [0.15, 0.2) is 0 Å². The van der Waals surface area contributed by atoms with Crippen LogP contribution in [0.15, 0.2) is 0 Å². The molecule has 0 rings (SSSR count). The van der Waals surface area contributed by atoms with E-state index >= 15 is 0 Å². The van der Waals surface area contributed by atoms with Gasteiger partial charge in [-0.15, -0.1) is 0 Å². The molecule has 0 heterocycles. The quantitative estimate of drug-likeness (QED) is 0.104. The molecule has 0 aliphatic rings. The Morgan fingerprint density at radius 1 is 0.414 bits per heavy atom. The molecule has 0 amide bonds. The topological polar surface area (TPSA) is 0 Å². The summed E-state index contributed by atoms with van der Waals surface area (Å²) in [6.07, 6.45) is 32.0. The van der Waals surface area contributed by atoms with Gasteiger partial charge in [0.2, 0.25) is 0 Å². The second-order valence-corrected chi connectivity index (χ2v) is 22.3. The van der Waals surface area contributed by atoms with Crippen molar-refractivity contribution >= 4 is 25.8 Å². The van der Waals surface area contributed by atoms with Gasteiger partial charge in [-0.25, -0.2) is 0 Å². The normalized spacial score (nSPS) is 13.5. The summed E-state index contributed by atoms with van der Waals surface area (Å²) in [5.41, 5.74) is -2.04. The minimum atomic E-state index is -2.04. The second-order valence-electron chi connectivity index (χ2n) is 9.86. The van der Waals surface area contributed by atoms with Crippen LogP contribution in [0.1, 0.15) is 149 Å². The van der Waals surface area contributed by atoms with Gasteiger partial charge in [0, 0.05) is 0 Å². The first-order valence-corrected chi connectivity index (χ1v) is 18.8. The Labute approximate surface area is 193 Å². The van der Waals surface area contributed by atoms with E-state index in [4.69, 9.17) is 11.2 Å². The molecule has 0 fully saturated rings. The number of hydrogen-bond donors (Lipinski definition) is 0. The van der Waals surface area contributed by atoms with Gasteiger partial charge in [-0.05, 0) is 0 Å². The molecule has 0 aromatic carbocycles. The van der Waals surface area contributed by atoms with Crippen LogP contribution >= 0.6 is 25.8 Å². The molecule has 1 atom stereocenters. The van der Waals surface area contributed by atoms with Crippen molar-refractivity contribution < 1.29 is 0 Å². The van der Waals surface area contributed by atoms with Crippen LogP contribution in [0.4, 0.5) is 0 Å². The second kappa shape index (κ2) is 19.8. The van der Waals surface area contributed by atoms with Crippen LogP contribution in [0.2, 0.25) is 0 Å². The van der Waals surface area contributed by atoms with Crippen LogP contribution in [-0.2, 0) is 0 Å². The first-order valence-electron chi connectivity index (χ1n) is 13.5. The molecule has 0 aromatic rings. The summed E-state index contributed by atoms with van der Waals surface area (Å²) >= 11 is 7.48. The van der Waals surface area contributed by atoms with E-state index < -0.39 is 5.64 Å². The molecular formula is C26H57ClP2. The zero-order chi connectivity index (χ0) is 21.7. The third-order valence-electron chi connectivity index (χ3n) is 6.62. The van der Waals surface area contributed by atoms with Crippen LogP contribution in [0.5, 0.6) is 0 Å². The van der Waals surface area contributed by atoms with E-state index in [1.807, 2.05) is 0 Å². The molecule has 0 spiro atoms. The summed E-state index contributed by atoms with van der Waals surface area (Å²) in [5, 5.41) is 0. The van der Waals surface area contributed by atoms with Gasteiger partial charge in [-0.3, -0.25) is 0 Å². The van der Waals surface area contributed by atoms with Gasteiger partial charge < -0.3 is 0 Å². The van der Waals surface area contributed by atoms with E-state index in [-0.39, 0.29) is 0 Å². The predicted octanol–water partition coefficient (Wildman–Crippen LogP) is 11.3. The fourth-order valence-corrected chi connectivity index (χ4v) is 10.8. The monoisotopic (exact) mass is 466 g/mol. The summed E-state index contributed by atoms with van der Waals surface area (Å²) < 4.78 is 0. The molecule has 0 saturated heterocycles. The zero-order valence-corrected chi connectivity index (χ0v) is 23.5. The van der Waals surface area contributed by atoms with Gasteiger partial charge in [-0.2, -0.15) is 0 Å². The van der Waals surface area contributed by atoms with Gasteiger partial charge in [0.05, 0.1) is 0 Å². The van der Waals surface area contributed by atoms with Crippen molar-refractivity contribution in [3.8, 4) is 0 Å². The average Bonchev–Trinajstić information content (AvgIpc) is 2.70. The average molecular weight is 467 g/mol. The third-order valence-corrected chi connectivity index (χ3v) is 14.6. The Bertz CT molecular complexity index is 328. The van der Waals surface area contributed by atoms with Gasteiger partial charge in [-0.1, -0.05) is 13.3 Å². The van der Waals surface area contributed by atoms with Crippen LogP contribution in [0.3, 0.4) is 0 Å². The number of halogens is 1. The summed E-state index contributed by atoms with van der Waals surface area (Å²) in [4.78, 5) is 0. The molecular weight excluding hydrogens is 410 g/mol. The van der Waals surface area contributed by atoms with E-state index in [1.54, 1.807) is 0 Å². The maximum absolute atomic E-state index is 7.48. The van der Waals surface area contributed by atoms with E-state index in [0.717, 1.165) is 0 Å². The molecule has 0 bridgehead atoms. The molecule has 3 heteroatoms.